The molecule has 150 valence electrons. The molecule has 8 nitrogen and oxygen atoms in total. The van der Waals surface area contributed by atoms with Gasteiger partial charge in [-0.1, -0.05) is 17.7 Å². The maximum Gasteiger partial charge on any atom is 0.262 e. The summed E-state index contributed by atoms with van der Waals surface area (Å²) in [5.41, 5.74) is 1.77. The van der Waals surface area contributed by atoms with E-state index in [2.05, 4.69) is 20.5 Å². The zero-order valence-electron chi connectivity index (χ0n) is 16.2. The molecule has 0 aliphatic rings. The summed E-state index contributed by atoms with van der Waals surface area (Å²) in [6.07, 6.45) is 5.09. The highest BCUT2D eigenvalue weighted by atomic mass is 16.5. The van der Waals surface area contributed by atoms with Gasteiger partial charge in [-0.25, -0.2) is 4.98 Å². The number of rotatable bonds is 7. The maximum absolute atomic E-state index is 12.1. The van der Waals surface area contributed by atoms with E-state index in [1.54, 1.807) is 59.7 Å². The Balaban J connectivity index is 1.29. The van der Waals surface area contributed by atoms with Gasteiger partial charge in [0.05, 0.1) is 0 Å². The lowest BCUT2D eigenvalue weighted by Gasteiger charge is -2.09. The van der Waals surface area contributed by atoms with Crippen LogP contribution in [0.15, 0.2) is 79.4 Å². The van der Waals surface area contributed by atoms with Gasteiger partial charge in [0, 0.05) is 24.1 Å². The van der Waals surface area contributed by atoms with Crippen molar-refractivity contribution in [2.24, 2.45) is 0 Å². The third kappa shape index (κ3) is 4.99. The maximum atomic E-state index is 12.1. The Bertz CT molecular complexity index is 1090. The summed E-state index contributed by atoms with van der Waals surface area (Å²) in [6, 6.07) is 18.0. The number of anilines is 1. The number of hydrogen-bond donors (Lipinski definition) is 1. The van der Waals surface area contributed by atoms with E-state index in [9.17, 15) is 4.79 Å². The van der Waals surface area contributed by atoms with E-state index in [0.717, 1.165) is 5.56 Å². The van der Waals surface area contributed by atoms with E-state index in [4.69, 9.17) is 9.47 Å². The molecule has 0 radical (unpaired) electrons. The Kier molecular flexibility index (Phi) is 5.66. The first kappa shape index (κ1) is 19.1. The molecule has 2 aromatic heterocycles. The minimum Gasteiger partial charge on any atom is -0.484 e. The normalized spacial score (nSPS) is 10.4. The van der Waals surface area contributed by atoms with Crippen molar-refractivity contribution in [2.75, 3.05) is 11.9 Å². The van der Waals surface area contributed by atoms with Crippen LogP contribution in [-0.4, -0.2) is 32.3 Å². The van der Waals surface area contributed by atoms with Crippen LogP contribution in [0.4, 0.5) is 5.69 Å². The van der Waals surface area contributed by atoms with Gasteiger partial charge in [0.2, 0.25) is 5.88 Å². The second-order valence-corrected chi connectivity index (χ2v) is 6.48. The molecule has 30 heavy (non-hydrogen) atoms. The largest absolute Gasteiger partial charge is 0.484 e. The lowest BCUT2D eigenvalue weighted by atomic mass is 10.2. The molecule has 1 amide bonds. The number of nitrogens with one attached hydrogen (secondary N) is 1. The van der Waals surface area contributed by atoms with E-state index in [1.165, 1.54) is 0 Å². The number of imidazole rings is 1. The van der Waals surface area contributed by atoms with E-state index in [1.807, 2.05) is 31.2 Å². The third-order valence-corrected chi connectivity index (χ3v) is 4.15. The molecule has 4 aromatic rings. The van der Waals surface area contributed by atoms with Gasteiger partial charge in [0.15, 0.2) is 12.4 Å². The lowest BCUT2D eigenvalue weighted by molar-refractivity contribution is -0.118. The molecule has 0 unspecified atom stereocenters. The van der Waals surface area contributed by atoms with E-state index < -0.39 is 0 Å². The zero-order chi connectivity index (χ0) is 20.8. The monoisotopic (exact) mass is 401 g/mol. The van der Waals surface area contributed by atoms with Crippen LogP contribution in [0.3, 0.4) is 0 Å². The van der Waals surface area contributed by atoms with Crippen LogP contribution >= 0.6 is 0 Å². The van der Waals surface area contributed by atoms with Crippen LogP contribution in [0.5, 0.6) is 17.4 Å². The Morgan fingerprint density at radius 3 is 2.40 bits per heavy atom. The average Bonchev–Trinajstić information content (AvgIpc) is 3.30. The summed E-state index contributed by atoms with van der Waals surface area (Å²) in [7, 11) is 0. The van der Waals surface area contributed by atoms with Crippen molar-refractivity contribution in [1.29, 1.82) is 0 Å². The Morgan fingerprint density at radius 1 is 0.967 bits per heavy atom. The molecular formula is C22H19N5O3. The number of hydrogen-bond acceptors (Lipinski definition) is 6. The zero-order valence-corrected chi connectivity index (χ0v) is 16.2. The minimum atomic E-state index is -0.245. The second kappa shape index (κ2) is 8.87. The predicted octanol–water partition coefficient (Wildman–Crippen LogP) is 3.78. The molecule has 0 bridgehead atoms. The molecule has 1 N–H and O–H groups in total. The van der Waals surface area contributed by atoms with Crippen molar-refractivity contribution in [3.05, 3.63) is 84.9 Å². The van der Waals surface area contributed by atoms with Crippen molar-refractivity contribution < 1.29 is 14.3 Å². The topological polar surface area (TPSA) is 91.2 Å². The fraction of sp³-hybridized carbons (Fsp3) is 0.0909. The highest BCUT2D eigenvalue weighted by Gasteiger charge is 2.06. The number of carbonyl (C=O) groups is 1. The van der Waals surface area contributed by atoms with Crippen molar-refractivity contribution in [1.82, 2.24) is 19.7 Å². The van der Waals surface area contributed by atoms with Gasteiger partial charge in [0.25, 0.3) is 5.91 Å². The highest BCUT2D eigenvalue weighted by Crippen LogP contribution is 2.21. The van der Waals surface area contributed by atoms with Crippen LogP contribution in [-0.2, 0) is 4.79 Å². The second-order valence-electron chi connectivity index (χ2n) is 6.48. The van der Waals surface area contributed by atoms with Gasteiger partial charge in [-0.3, -0.25) is 9.36 Å². The summed E-state index contributed by atoms with van der Waals surface area (Å²) >= 11 is 0. The molecule has 0 aliphatic heterocycles. The molecule has 0 atom stereocenters. The van der Waals surface area contributed by atoms with Crippen LogP contribution in [0.2, 0.25) is 0 Å². The summed E-state index contributed by atoms with van der Waals surface area (Å²) < 4.78 is 12.9. The summed E-state index contributed by atoms with van der Waals surface area (Å²) in [5, 5.41) is 10.9. The van der Waals surface area contributed by atoms with E-state index in [-0.39, 0.29) is 12.5 Å². The first-order chi connectivity index (χ1) is 14.7. The highest BCUT2D eigenvalue weighted by molar-refractivity contribution is 5.91. The van der Waals surface area contributed by atoms with Crippen LogP contribution in [0.1, 0.15) is 5.56 Å². The summed E-state index contributed by atoms with van der Waals surface area (Å²) in [5.74, 6) is 1.99. The Labute approximate surface area is 173 Å². The molecule has 4 rings (SSSR count). The van der Waals surface area contributed by atoms with Gasteiger partial charge >= 0.3 is 0 Å². The smallest absolute Gasteiger partial charge is 0.262 e. The number of aryl methyl sites for hydroxylation is 1. The fourth-order valence-corrected chi connectivity index (χ4v) is 2.61. The molecule has 0 saturated heterocycles. The number of carbonyl (C=O) groups excluding carboxylic acids is 1. The molecular weight excluding hydrogens is 382 g/mol. The number of benzene rings is 2. The van der Waals surface area contributed by atoms with Crippen molar-refractivity contribution >= 4 is 11.6 Å². The van der Waals surface area contributed by atoms with Gasteiger partial charge < -0.3 is 14.8 Å². The molecule has 8 heteroatoms. The third-order valence-electron chi connectivity index (χ3n) is 4.15. The fourth-order valence-electron chi connectivity index (χ4n) is 2.61. The first-order valence-electron chi connectivity index (χ1n) is 9.25. The summed E-state index contributed by atoms with van der Waals surface area (Å²) in [4.78, 5) is 16.0. The van der Waals surface area contributed by atoms with E-state index >= 15 is 0 Å². The van der Waals surface area contributed by atoms with Crippen molar-refractivity contribution in [2.45, 2.75) is 6.92 Å². The molecule has 0 aliphatic carbocycles. The number of nitrogens with zero attached hydrogens (tertiary/aromatic N) is 4. The van der Waals surface area contributed by atoms with E-state index in [0.29, 0.717) is 28.9 Å². The number of amides is 1. The van der Waals surface area contributed by atoms with Gasteiger partial charge in [0.1, 0.15) is 17.8 Å². The Morgan fingerprint density at radius 2 is 1.73 bits per heavy atom. The minimum absolute atomic E-state index is 0.0693. The van der Waals surface area contributed by atoms with Crippen molar-refractivity contribution in [3.63, 3.8) is 0 Å². The lowest BCUT2D eigenvalue weighted by Crippen LogP contribution is -2.20. The molecule has 2 aromatic carbocycles. The van der Waals surface area contributed by atoms with Gasteiger partial charge in [-0.05, 0) is 49.4 Å². The number of aromatic nitrogens is 4. The van der Waals surface area contributed by atoms with Gasteiger partial charge in [-0.2, -0.15) is 0 Å². The Hall–Kier alpha value is -4.20. The summed E-state index contributed by atoms with van der Waals surface area (Å²) in [6.45, 7) is 1.92. The molecule has 0 saturated carbocycles. The molecule has 2 heterocycles. The predicted molar refractivity (Wildman–Crippen MR) is 111 cm³/mol. The average molecular weight is 401 g/mol. The van der Waals surface area contributed by atoms with Crippen LogP contribution in [0, 0.1) is 6.92 Å². The van der Waals surface area contributed by atoms with Gasteiger partial charge in [-0.15, -0.1) is 10.2 Å². The first-order valence-corrected chi connectivity index (χ1v) is 9.25. The SMILES string of the molecule is Cc1ccc(OCC(=O)Nc2ccc(Oc3ccc(-n4ccnc4)nn3)cc2)cc1. The molecule has 0 fully saturated rings. The van der Waals surface area contributed by atoms with Crippen molar-refractivity contribution in [3.8, 4) is 23.2 Å². The van der Waals surface area contributed by atoms with Crippen LogP contribution < -0.4 is 14.8 Å². The standard InChI is InChI=1S/C22H19N5O3/c1-16-2-6-18(7-3-16)29-14-21(28)24-17-4-8-19(9-5-17)30-22-11-10-20(25-26-22)27-13-12-23-15-27/h2-13,15H,14H2,1H3,(H,24,28). The van der Waals surface area contributed by atoms with Crippen LogP contribution in [0.25, 0.3) is 5.82 Å². The quantitative estimate of drug-likeness (QED) is 0.507. The molecule has 0 spiro atoms. The number of ether oxygens (including phenoxy) is 2.